The fourth-order valence-corrected chi connectivity index (χ4v) is 3.64. The highest BCUT2D eigenvalue weighted by molar-refractivity contribution is 6.30. The number of aromatic nitrogens is 3. The van der Waals surface area contributed by atoms with E-state index in [2.05, 4.69) is 15.3 Å². The smallest absolute Gasteiger partial charge is 0.251 e. The Morgan fingerprint density at radius 1 is 1.29 bits per heavy atom. The first-order chi connectivity index (χ1) is 16.4. The summed E-state index contributed by atoms with van der Waals surface area (Å²) in [6.45, 7) is -0.422. The quantitative estimate of drug-likeness (QED) is 0.491. The van der Waals surface area contributed by atoms with Gasteiger partial charge in [0.05, 0.1) is 23.4 Å². The van der Waals surface area contributed by atoms with E-state index in [0.29, 0.717) is 21.9 Å². The van der Waals surface area contributed by atoms with Gasteiger partial charge in [-0.05, 0) is 48.2 Å². The number of nitrogens with zero attached hydrogens (tertiary/aromatic N) is 4. The highest BCUT2D eigenvalue weighted by atomic mass is 35.5. The third-order valence-corrected chi connectivity index (χ3v) is 5.63. The van der Waals surface area contributed by atoms with Gasteiger partial charge in [0.2, 0.25) is 11.8 Å². The Morgan fingerprint density at radius 2 is 2.12 bits per heavy atom. The fraction of sp³-hybridized carbons (Fsp3) is 0.174. The Morgan fingerprint density at radius 3 is 2.79 bits per heavy atom. The summed E-state index contributed by atoms with van der Waals surface area (Å²) in [5, 5.41) is 25.5. The lowest BCUT2D eigenvalue weighted by Crippen LogP contribution is -2.50. The average Bonchev–Trinajstić information content (AvgIpc) is 2.84. The van der Waals surface area contributed by atoms with E-state index >= 15 is 0 Å². The molecular formula is C23H20ClFN5O4-. The summed E-state index contributed by atoms with van der Waals surface area (Å²) in [6, 6.07) is 7.89. The van der Waals surface area contributed by atoms with Crippen LogP contribution in [0.4, 0.5) is 10.3 Å². The second-order valence-corrected chi connectivity index (χ2v) is 7.76. The zero-order chi connectivity index (χ0) is 24.3. The van der Waals surface area contributed by atoms with Gasteiger partial charge in [-0.2, -0.15) is 0 Å². The zero-order valence-corrected chi connectivity index (χ0v) is 18.7. The molecule has 0 aliphatic carbocycles. The van der Waals surface area contributed by atoms with E-state index < -0.39 is 29.9 Å². The third-order valence-electron chi connectivity index (χ3n) is 5.32. The normalized spacial score (nSPS) is 18.2. The largest absolute Gasteiger partial charge is 0.755 e. The molecule has 1 unspecified atom stereocenters. The number of pyridine rings is 1. The fourth-order valence-electron chi connectivity index (χ4n) is 3.52. The molecule has 11 heteroatoms. The number of allylic oxidation sites excluding steroid dienone is 2. The van der Waals surface area contributed by atoms with Crippen molar-refractivity contribution in [3.8, 4) is 11.3 Å². The zero-order valence-electron chi connectivity index (χ0n) is 17.9. The molecule has 0 saturated carbocycles. The minimum absolute atomic E-state index is 0.0496. The summed E-state index contributed by atoms with van der Waals surface area (Å²) in [5.74, 6) is -2.05. The Balaban J connectivity index is 1.63. The Bertz CT molecular complexity index is 1310. The van der Waals surface area contributed by atoms with Gasteiger partial charge in [0.1, 0.15) is 5.82 Å². The summed E-state index contributed by atoms with van der Waals surface area (Å²) < 4.78 is 20.5. The van der Waals surface area contributed by atoms with Crippen LogP contribution >= 0.6 is 11.6 Å². The molecule has 0 spiro atoms. The van der Waals surface area contributed by atoms with E-state index in [-0.39, 0.29) is 11.0 Å². The molecule has 0 radical (unpaired) electrons. The van der Waals surface area contributed by atoms with Crippen LogP contribution < -0.4 is 10.9 Å². The number of hydrogen-bond donors (Lipinski definition) is 2. The molecule has 1 aliphatic heterocycles. The van der Waals surface area contributed by atoms with Crippen molar-refractivity contribution in [2.75, 3.05) is 19.0 Å². The van der Waals surface area contributed by atoms with E-state index in [1.54, 1.807) is 30.4 Å². The molecule has 2 aromatic heterocycles. The molecule has 0 fully saturated rings. The van der Waals surface area contributed by atoms with Gasteiger partial charge in [-0.15, -0.1) is 0 Å². The molecule has 0 saturated heterocycles. The first kappa shape index (κ1) is 23.6. The van der Waals surface area contributed by atoms with Crippen LogP contribution in [0.25, 0.3) is 11.3 Å². The molecule has 9 nitrogen and oxygen atoms in total. The van der Waals surface area contributed by atoms with Crippen molar-refractivity contribution in [1.29, 1.82) is 0 Å². The summed E-state index contributed by atoms with van der Waals surface area (Å²) in [4.78, 5) is 21.4. The predicted molar refractivity (Wildman–Crippen MR) is 125 cm³/mol. The Hall–Kier alpha value is -3.57. The standard InChI is InChI=1S/C23H20ClFN5O4/c1-34-23(8-2-3-10-30(23)33)28-22-26-9-6-19(27-22)15-7-11-29(21(32)13-15)20(14-31)16-4-5-17(24)18(25)12-16/h2-13,20,31H,14H2,1H3,(H,26,27,28)/q-1/t20?,23-/m0/s1. The van der Waals surface area contributed by atoms with Crippen LogP contribution in [0.2, 0.25) is 5.02 Å². The van der Waals surface area contributed by atoms with Gasteiger partial charge in [-0.3, -0.25) is 4.79 Å². The molecule has 0 amide bonds. The van der Waals surface area contributed by atoms with Crippen LogP contribution in [0.15, 0.2) is 78.0 Å². The number of nitrogens with one attached hydrogen (secondary N) is 1. The number of aliphatic hydroxyl groups excluding tert-OH is 1. The van der Waals surface area contributed by atoms with Gasteiger partial charge >= 0.3 is 0 Å². The Labute approximate surface area is 199 Å². The maximum Gasteiger partial charge on any atom is 0.251 e. The van der Waals surface area contributed by atoms with Crippen molar-refractivity contribution in [1.82, 2.24) is 19.6 Å². The van der Waals surface area contributed by atoms with Gasteiger partial charge in [-0.1, -0.05) is 23.7 Å². The van der Waals surface area contributed by atoms with Gasteiger partial charge in [0.15, 0.2) is 0 Å². The molecule has 176 valence electrons. The van der Waals surface area contributed by atoms with E-state index in [1.807, 2.05) is 0 Å². The van der Waals surface area contributed by atoms with Crippen molar-refractivity contribution in [2.45, 2.75) is 11.9 Å². The third kappa shape index (κ3) is 4.57. The van der Waals surface area contributed by atoms with Gasteiger partial charge in [0.25, 0.3) is 5.56 Å². The lowest BCUT2D eigenvalue weighted by Gasteiger charge is -2.45. The number of methoxy groups -OCH3 is 1. The first-order valence-corrected chi connectivity index (χ1v) is 10.5. The van der Waals surface area contributed by atoms with Gasteiger partial charge < -0.3 is 30.0 Å². The number of rotatable bonds is 7. The molecule has 0 bridgehead atoms. The highest BCUT2D eigenvalue weighted by Gasteiger charge is 2.29. The molecule has 1 aliphatic rings. The molecular weight excluding hydrogens is 465 g/mol. The Kier molecular flexibility index (Phi) is 6.75. The number of aliphatic hydroxyl groups is 1. The summed E-state index contributed by atoms with van der Waals surface area (Å²) in [5.41, 5.74) is 0.864. The van der Waals surface area contributed by atoms with Crippen LogP contribution in [-0.4, -0.2) is 44.3 Å². The number of halogens is 2. The number of hydrogen-bond acceptors (Lipinski definition) is 8. The second-order valence-electron chi connectivity index (χ2n) is 7.35. The molecule has 2 N–H and O–H groups in total. The summed E-state index contributed by atoms with van der Waals surface area (Å²) in [6.07, 6.45) is 9.00. The monoisotopic (exact) mass is 484 g/mol. The van der Waals surface area contributed by atoms with E-state index in [4.69, 9.17) is 16.3 Å². The van der Waals surface area contributed by atoms with Crippen molar-refractivity contribution in [2.24, 2.45) is 0 Å². The van der Waals surface area contributed by atoms with Gasteiger partial charge in [-0.25, -0.2) is 14.4 Å². The molecule has 3 aromatic rings. The second kappa shape index (κ2) is 9.74. The van der Waals surface area contributed by atoms with E-state index in [1.165, 1.54) is 54.5 Å². The highest BCUT2D eigenvalue weighted by Crippen LogP contribution is 2.25. The number of benzene rings is 1. The molecule has 34 heavy (non-hydrogen) atoms. The molecule has 3 heterocycles. The molecule has 1 aromatic carbocycles. The van der Waals surface area contributed by atoms with Crippen LogP contribution in [0.3, 0.4) is 0 Å². The van der Waals surface area contributed by atoms with E-state index in [9.17, 15) is 19.5 Å². The lowest BCUT2D eigenvalue weighted by molar-refractivity contribution is -0.0314. The first-order valence-electron chi connectivity index (χ1n) is 10.1. The van der Waals surface area contributed by atoms with Crippen LogP contribution in [-0.2, 0) is 4.74 Å². The average molecular weight is 485 g/mol. The minimum atomic E-state index is -1.51. The molecule has 4 rings (SSSR count). The molecule has 2 atom stereocenters. The van der Waals surface area contributed by atoms with Crippen LogP contribution in [0.1, 0.15) is 11.6 Å². The van der Waals surface area contributed by atoms with Crippen LogP contribution in [0.5, 0.6) is 0 Å². The van der Waals surface area contributed by atoms with Gasteiger partial charge in [0, 0.05) is 31.1 Å². The lowest BCUT2D eigenvalue weighted by atomic mass is 10.1. The maximum absolute atomic E-state index is 13.9. The predicted octanol–water partition coefficient (Wildman–Crippen LogP) is 3.27. The number of hydroxylamine groups is 2. The van der Waals surface area contributed by atoms with Crippen molar-refractivity contribution >= 4 is 17.5 Å². The van der Waals surface area contributed by atoms with Crippen LogP contribution in [0, 0.1) is 11.0 Å². The number of ether oxygens (including phenoxy) is 1. The van der Waals surface area contributed by atoms with Crippen molar-refractivity contribution in [3.63, 3.8) is 0 Å². The summed E-state index contributed by atoms with van der Waals surface area (Å²) in [7, 11) is 1.37. The SMILES string of the molecule is CO[C@]1(Nc2nccc(-c3ccn(C(CO)c4ccc(Cl)c(F)c4)c(=O)c3)n2)C=CC=CN1[O-]. The van der Waals surface area contributed by atoms with Crippen molar-refractivity contribution in [3.05, 3.63) is 105 Å². The minimum Gasteiger partial charge on any atom is -0.755 e. The summed E-state index contributed by atoms with van der Waals surface area (Å²) >= 11 is 5.74. The van der Waals surface area contributed by atoms with E-state index in [0.717, 1.165) is 0 Å². The maximum atomic E-state index is 13.9. The topological polar surface area (TPSA) is 116 Å². The number of anilines is 1. The van der Waals surface area contributed by atoms with Crippen molar-refractivity contribution < 1.29 is 14.2 Å².